The fourth-order valence-electron chi connectivity index (χ4n) is 2.08. The van der Waals surface area contributed by atoms with Crippen LogP contribution < -0.4 is 8.61 Å². The monoisotopic (exact) mass is 368 g/mol. The second-order valence-corrected chi connectivity index (χ2v) is 9.48. The maximum atomic E-state index is 12.4. The highest BCUT2D eigenvalue weighted by atomic mass is 32.2. The highest BCUT2D eigenvalue weighted by molar-refractivity contribution is 7.96. The van der Waals surface area contributed by atoms with Crippen LogP contribution in [0.2, 0.25) is 0 Å². The summed E-state index contributed by atoms with van der Waals surface area (Å²) in [5.41, 5.74) is 0.984. The standard InChI is InChI=1S/C16H20N2O4S2/c1-17(15-9-5-3-6-10-15)23(19,20)13-14-24(21,22)18(2)16-11-7-4-8-12-16/h3-12H,13-14H2,1-2H3. The fourth-order valence-corrected chi connectivity index (χ4v) is 5.20. The van der Waals surface area contributed by atoms with E-state index in [9.17, 15) is 16.8 Å². The van der Waals surface area contributed by atoms with E-state index in [-0.39, 0.29) is 0 Å². The van der Waals surface area contributed by atoms with Crippen LogP contribution >= 0.6 is 0 Å². The smallest absolute Gasteiger partial charge is 0.235 e. The maximum Gasteiger partial charge on any atom is 0.235 e. The van der Waals surface area contributed by atoms with Crippen LogP contribution in [0.4, 0.5) is 11.4 Å². The molecule has 0 amide bonds. The van der Waals surface area contributed by atoms with Gasteiger partial charge in [-0.05, 0) is 24.3 Å². The molecule has 0 fully saturated rings. The lowest BCUT2D eigenvalue weighted by Gasteiger charge is -2.22. The van der Waals surface area contributed by atoms with Crippen molar-refractivity contribution in [3.05, 3.63) is 60.7 Å². The topological polar surface area (TPSA) is 74.8 Å². The van der Waals surface area contributed by atoms with Crippen molar-refractivity contribution >= 4 is 31.4 Å². The molecule has 2 aromatic carbocycles. The molecule has 24 heavy (non-hydrogen) atoms. The molecule has 2 aromatic rings. The van der Waals surface area contributed by atoms with Gasteiger partial charge < -0.3 is 0 Å². The first-order valence-electron chi connectivity index (χ1n) is 7.27. The van der Waals surface area contributed by atoms with E-state index in [4.69, 9.17) is 0 Å². The van der Waals surface area contributed by atoms with Gasteiger partial charge in [0, 0.05) is 14.1 Å². The van der Waals surface area contributed by atoms with Gasteiger partial charge in [0.15, 0.2) is 0 Å². The lowest BCUT2D eigenvalue weighted by molar-refractivity contribution is 0.586. The third-order valence-corrected chi connectivity index (χ3v) is 7.46. The summed E-state index contributed by atoms with van der Waals surface area (Å²) < 4.78 is 51.7. The molecule has 0 N–H and O–H groups in total. The number of benzene rings is 2. The van der Waals surface area contributed by atoms with Gasteiger partial charge in [-0.1, -0.05) is 36.4 Å². The Morgan fingerprint density at radius 2 is 0.917 bits per heavy atom. The predicted molar refractivity (Wildman–Crippen MR) is 97.3 cm³/mol. The maximum absolute atomic E-state index is 12.4. The first kappa shape index (κ1) is 18.3. The SMILES string of the molecule is CN(c1ccccc1)S(=O)(=O)CCS(=O)(=O)N(C)c1ccccc1. The van der Waals surface area contributed by atoms with E-state index in [2.05, 4.69) is 0 Å². The van der Waals surface area contributed by atoms with Gasteiger partial charge in [-0.3, -0.25) is 8.61 Å². The molecule has 130 valence electrons. The molecule has 8 heteroatoms. The summed E-state index contributed by atoms with van der Waals surface area (Å²) in [7, 11) is -4.64. The second-order valence-electron chi connectivity index (χ2n) is 5.24. The summed E-state index contributed by atoms with van der Waals surface area (Å²) in [6.45, 7) is 0. The highest BCUT2D eigenvalue weighted by Crippen LogP contribution is 2.18. The van der Waals surface area contributed by atoms with Crippen molar-refractivity contribution in [2.75, 3.05) is 34.2 Å². The summed E-state index contributed by atoms with van der Waals surface area (Å²) in [4.78, 5) is 0. The van der Waals surface area contributed by atoms with Gasteiger partial charge in [0.25, 0.3) is 0 Å². The first-order chi connectivity index (χ1) is 11.2. The van der Waals surface area contributed by atoms with Crippen molar-refractivity contribution in [3.63, 3.8) is 0 Å². The number of para-hydroxylation sites is 2. The zero-order valence-electron chi connectivity index (χ0n) is 13.5. The minimum Gasteiger partial charge on any atom is -0.273 e. The fraction of sp³-hybridized carbons (Fsp3) is 0.250. The zero-order valence-corrected chi connectivity index (χ0v) is 15.2. The Morgan fingerprint density at radius 3 is 1.21 bits per heavy atom. The Balaban J connectivity index is 2.11. The lowest BCUT2D eigenvalue weighted by Crippen LogP contribution is -2.36. The predicted octanol–water partition coefficient (Wildman–Crippen LogP) is 1.92. The van der Waals surface area contributed by atoms with Crippen LogP contribution in [-0.4, -0.2) is 42.4 Å². The Kier molecular flexibility index (Phi) is 5.51. The average Bonchev–Trinajstić information content (AvgIpc) is 2.60. The zero-order chi connectivity index (χ0) is 17.8. The van der Waals surface area contributed by atoms with Gasteiger partial charge >= 0.3 is 0 Å². The molecule has 0 unspecified atom stereocenters. The summed E-state index contributed by atoms with van der Waals surface area (Å²) >= 11 is 0. The van der Waals surface area contributed by atoms with Crippen LogP contribution in [-0.2, 0) is 20.0 Å². The third kappa shape index (κ3) is 4.27. The minimum absolute atomic E-state index is 0.488. The Bertz CT molecular complexity index is 791. The van der Waals surface area contributed by atoms with Crippen LogP contribution in [0.1, 0.15) is 0 Å². The molecule has 0 heterocycles. The van der Waals surface area contributed by atoms with Crippen molar-refractivity contribution in [1.29, 1.82) is 0 Å². The molecular formula is C16H20N2O4S2. The molecular weight excluding hydrogens is 348 g/mol. The number of hydrogen-bond donors (Lipinski definition) is 0. The molecule has 0 spiro atoms. The molecule has 0 radical (unpaired) electrons. The van der Waals surface area contributed by atoms with Gasteiger partial charge in [-0.25, -0.2) is 16.8 Å². The van der Waals surface area contributed by atoms with E-state index in [0.717, 1.165) is 8.61 Å². The number of hydrogen-bond acceptors (Lipinski definition) is 4. The molecule has 0 aliphatic heterocycles. The number of anilines is 2. The van der Waals surface area contributed by atoms with Gasteiger partial charge in [0.2, 0.25) is 20.0 Å². The molecule has 0 saturated heterocycles. The van der Waals surface area contributed by atoms with E-state index in [1.54, 1.807) is 60.7 Å². The van der Waals surface area contributed by atoms with Crippen LogP contribution in [0.25, 0.3) is 0 Å². The van der Waals surface area contributed by atoms with E-state index in [1.165, 1.54) is 14.1 Å². The largest absolute Gasteiger partial charge is 0.273 e. The second kappa shape index (κ2) is 7.23. The van der Waals surface area contributed by atoms with E-state index >= 15 is 0 Å². The molecule has 0 aliphatic rings. The molecule has 0 saturated carbocycles. The van der Waals surface area contributed by atoms with Crippen molar-refractivity contribution in [3.8, 4) is 0 Å². The quantitative estimate of drug-likeness (QED) is 0.748. The number of nitrogens with zero attached hydrogens (tertiary/aromatic N) is 2. The Morgan fingerprint density at radius 1 is 0.625 bits per heavy atom. The van der Waals surface area contributed by atoms with Gasteiger partial charge in [-0.2, -0.15) is 0 Å². The van der Waals surface area contributed by atoms with Crippen molar-refractivity contribution in [1.82, 2.24) is 0 Å². The summed E-state index contributed by atoms with van der Waals surface area (Å²) in [6.07, 6.45) is 0. The molecule has 0 atom stereocenters. The minimum atomic E-state index is -3.73. The third-order valence-electron chi connectivity index (χ3n) is 3.67. The Labute approximate surface area is 143 Å². The molecule has 2 rings (SSSR count). The summed E-state index contributed by atoms with van der Waals surface area (Å²) in [6, 6.07) is 17.1. The van der Waals surface area contributed by atoms with Crippen molar-refractivity contribution < 1.29 is 16.8 Å². The van der Waals surface area contributed by atoms with Crippen LogP contribution in [0, 0.1) is 0 Å². The molecule has 0 bridgehead atoms. The van der Waals surface area contributed by atoms with E-state index in [0.29, 0.717) is 11.4 Å². The van der Waals surface area contributed by atoms with Gasteiger partial charge in [-0.15, -0.1) is 0 Å². The van der Waals surface area contributed by atoms with Crippen molar-refractivity contribution in [2.24, 2.45) is 0 Å². The normalized spacial score (nSPS) is 11.9. The molecule has 0 aromatic heterocycles. The van der Waals surface area contributed by atoms with E-state index in [1.807, 2.05) is 0 Å². The van der Waals surface area contributed by atoms with Gasteiger partial charge in [0.1, 0.15) is 0 Å². The first-order valence-corrected chi connectivity index (χ1v) is 10.5. The van der Waals surface area contributed by atoms with E-state index < -0.39 is 31.6 Å². The Hall–Kier alpha value is -2.06. The summed E-state index contributed by atoms with van der Waals surface area (Å²) in [5.74, 6) is -0.976. The van der Waals surface area contributed by atoms with Crippen LogP contribution in [0.5, 0.6) is 0 Å². The number of rotatable bonds is 7. The highest BCUT2D eigenvalue weighted by Gasteiger charge is 2.25. The number of sulfonamides is 2. The molecule has 0 aliphatic carbocycles. The van der Waals surface area contributed by atoms with Crippen molar-refractivity contribution in [2.45, 2.75) is 0 Å². The van der Waals surface area contributed by atoms with Crippen LogP contribution in [0.15, 0.2) is 60.7 Å². The van der Waals surface area contributed by atoms with Gasteiger partial charge in [0.05, 0.1) is 22.9 Å². The molecule has 6 nitrogen and oxygen atoms in total. The summed E-state index contributed by atoms with van der Waals surface area (Å²) in [5, 5.41) is 0. The average molecular weight is 368 g/mol. The van der Waals surface area contributed by atoms with Crippen LogP contribution in [0.3, 0.4) is 0 Å². The lowest BCUT2D eigenvalue weighted by atomic mass is 10.3.